The van der Waals surface area contributed by atoms with Crippen molar-refractivity contribution in [3.8, 4) is 5.75 Å². The lowest BCUT2D eigenvalue weighted by Gasteiger charge is -2.06. The lowest BCUT2D eigenvalue weighted by molar-refractivity contribution is 0.414. The van der Waals surface area contributed by atoms with Gasteiger partial charge in [-0.25, -0.2) is 0 Å². The van der Waals surface area contributed by atoms with Crippen LogP contribution in [0.4, 0.5) is 0 Å². The van der Waals surface area contributed by atoms with Crippen molar-refractivity contribution in [2.75, 3.05) is 20.2 Å². The molecule has 1 rings (SSSR count). The Morgan fingerprint density at radius 1 is 1.50 bits per heavy atom. The van der Waals surface area contributed by atoms with Crippen molar-refractivity contribution in [2.45, 2.75) is 13.3 Å². The third-order valence-corrected chi connectivity index (χ3v) is 2.69. The molecule has 0 saturated carbocycles. The molecule has 0 fully saturated rings. The maximum absolute atomic E-state index is 5.57. The van der Waals surface area contributed by atoms with Crippen molar-refractivity contribution in [1.29, 1.82) is 0 Å². The number of hydrogen-bond donors (Lipinski definition) is 1. The van der Waals surface area contributed by atoms with Gasteiger partial charge >= 0.3 is 0 Å². The number of rotatable bonds is 6. The molecule has 0 aliphatic carbocycles. The highest BCUT2D eigenvalue weighted by Gasteiger charge is 1.96. The molecule has 0 radical (unpaired) electrons. The third kappa shape index (κ3) is 4.69. The van der Waals surface area contributed by atoms with Gasteiger partial charge in [0.15, 0.2) is 0 Å². The minimum Gasteiger partial charge on any atom is -0.497 e. The Morgan fingerprint density at radius 2 is 2.31 bits per heavy atom. The van der Waals surface area contributed by atoms with Gasteiger partial charge in [0.1, 0.15) is 5.75 Å². The molecule has 0 saturated heterocycles. The van der Waals surface area contributed by atoms with Crippen LogP contribution < -0.4 is 10.1 Å². The van der Waals surface area contributed by atoms with Crippen LogP contribution in [0.25, 0.3) is 0 Å². The summed E-state index contributed by atoms with van der Waals surface area (Å²) < 4.78 is 5.17. The van der Waals surface area contributed by atoms with Crippen LogP contribution in [-0.4, -0.2) is 20.2 Å². The molecule has 0 aliphatic rings. The van der Waals surface area contributed by atoms with Crippen LogP contribution in [0.3, 0.4) is 0 Å². The largest absolute Gasteiger partial charge is 0.497 e. The van der Waals surface area contributed by atoms with Crippen LogP contribution in [0.15, 0.2) is 35.4 Å². The van der Waals surface area contributed by atoms with Crippen molar-refractivity contribution >= 4 is 11.6 Å². The summed E-state index contributed by atoms with van der Waals surface area (Å²) in [5.74, 6) is 0.911. The van der Waals surface area contributed by atoms with Crippen LogP contribution >= 0.6 is 11.6 Å². The van der Waals surface area contributed by atoms with Gasteiger partial charge in [-0.1, -0.05) is 23.7 Å². The van der Waals surface area contributed by atoms with Gasteiger partial charge in [0.2, 0.25) is 0 Å². The third-order valence-electron chi connectivity index (χ3n) is 2.31. The fourth-order valence-electron chi connectivity index (χ4n) is 1.38. The molecule has 0 unspecified atom stereocenters. The van der Waals surface area contributed by atoms with Crippen molar-refractivity contribution in [1.82, 2.24) is 5.32 Å². The summed E-state index contributed by atoms with van der Waals surface area (Å²) in [6, 6.07) is 8.13. The van der Waals surface area contributed by atoms with Gasteiger partial charge in [-0.3, -0.25) is 0 Å². The Labute approximate surface area is 102 Å². The van der Waals surface area contributed by atoms with Crippen LogP contribution in [0.5, 0.6) is 5.75 Å². The fourth-order valence-corrected chi connectivity index (χ4v) is 1.46. The highest BCUT2D eigenvalue weighted by Crippen LogP contribution is 2.12. The monoisotopic (exact) mass is 239 g/mol. The van der Waals surface area contributed by atoms with Crippen LogP contribution in [-0.2, 0) is 6.42 Å². The number of hydrogen-bond acceptors (Lipinski definition) is 2. The maximum atomic E-state index is 5.57. The number of nitrogens with one attached hydrogen (secondary N) is 1. The molecule has 1 aromatic carbocycles. The smallest absolute Gasteiger partial charge is 0.119 e. The predicted molar refractivity (Wildman–Crippen MR) is 69.2 cm³/mol. The summed E-state index contributed by atoms with van der Waals surface area (Å²) >= 11 is 5.57. The first-order chi connectivity index (χ1) is 7.76. The van der Waals surface area contributed by atoms with Gasteiger partial charge < -0.3 is 10.1 Å². The normalized spacial score (nSPS) is 11.6. The first-order valence-electron chi connectivity index (χ1n) is 5.35. The van der Waals surface area contributed by atoms with Crippen LogP contribution in [0.1, 0.15) is 12.5 Å². The summed E-state index contributed by atoms with van der Waals surface area (Å²) in [7, 11) is 1.69. The topological polar surface area (TPSA) is 21.3 Å². The average Bonchev–Trinajstić information content (AvgIpc) is 2.34. The van der Waals surface area contributed by atoms with Gasteiger partial charge in [0, 0.05) is 12.1 Å². The van der Waals surface area contributed by atoms with Gasteiger partial charge in [0.05, 0.1) is 7.11 Å². The van der Waals surface area contributed by atoms with E-state index < -0.39 is 0 Å². The van der Waals surface area contributed by atoms with E-state index in [2.05, 4.69) is 17.4 Å². The molecular weight excluding hydrogens is 222 g/mol. The lowest BCUT2D eigenvalue weighted by atomic mass is 10.1. The van der Waals surface area contributed by atoms with E-state index in [0.29, 0.717) is 0 Å². The van der Waals surface area contributed by atoms with E-state index in [1.165, 1.54) is 5.56 Å². The van der Waals surface area contributed by atoms with E-state index in [1.807, 2.05) is 19.1 Å². The Bertz CT molecular complexity index is 350. The first-order valence-corrected chi connectivity index (χ1v) is 5.79. The molecule has 16 heavy (non-hydrogen) atoms. The van der Waals surface area contributed by atoms with E-state index in [4.69, 9.17) is 16.3 Å². The summed E-state index contributed by atoms with van der Waals surface area (Å²) in [5, 5.41) is 3.33. The molecule has 0 bridgehead atoms. The van der Waals surface area contributed by atoms with E-state index in [1.54, 1.807) is 12.6 Å². The molecule has 88 valence electrons. The Balaban J connectivity index is 2.31. The van der Waals surface area contributed by atoms with E-state index in [0.717, 1.165) is 30.8 Å². The van der Waals surface area contributed by atoms with Gasteiger partial charge in [-0.15, -0.1) is 0 Å². The quantitative estimate of drug-likeness (QED) is 0.771. The molecule has 0 atom stereocenters. The molecule has 1 aromatic rings. The molecule has 0 aliphatic heterocycles. The first kappa shape index (κ1) is 13.1. The van der Waals surface area contributed by atoms with Crippen LogP contribution in [0.2, 0.25) is 0 Å². The molecule has 3 heteroatoms. The zero-order valence-electron chi connectivity index (χ0n) is 9.79. The van der Waals surface area contributed by atoms with Gasteiger partial charge in [0.25, 0.3) is 0 Å². The molecule has 0 heterocycles. The predicted octanol–water partition coefficient (Wildman–Crippen LogP) is 2.97. The minimum atomic E-state index is 0.841. The highest BCUT2D eigenvalue weighted by molar-refractivity contribution is 6.25. The van der Waals surface area contributed by atoms with E-state index in [-0.39, 0.29) is 0 Å². The van der Waals surface area contributed by atoms with Crippen molar-refractivity contribution in [2.24, 2.45) is 0 Å². The summed E-state index contributed by atoms with van der Waals surface area (Å²) in [6.45, 7) is 3.79. The molecular formula is C13H18ClNO. The number of ether oxygens (including phenoxy) is 1. The minimum absolute atomic E-state index is 0.841. The maximum Gasteiger partial charge on any atom is 0.119 e. The number of halogens is 1. The van der Waals surface area contributed by atoms with Gasteiger partial charge in [-0.05, 0) is 43.2 Å². The van der Waals surface area contributed by atoms with Gasteiger partial charge in [-0.2, -0.15) is 0 Å². The zero-order chi connectivity index (χ0) is 11.8. The number of methoxy groups -OCH3 is 1. The summed E-state index contributed by atoms with van der Waals surface area (Å²) in [6.07, 6.45) is 0.993. The Hall–Kier alpha value is -0.990. The zero-order valence-corrected chi connectivity index (χ0v) is 10.6. The molecule has 2 nitrogen and oxygen atoms in total. The second kappa shape index (κ2) is 7.31. The molecule has 1 N–H and O–H groups in total. The fraction of sp³-hybridized carbons (Fsp3) is 0.385. The van der Waals surface area contributed by atoms with E-state index in [9.17, 15) is 0 Å². The van der Waals surface area contributed by atoms with Crippen molar-refractivity contribution in [3.63, 3.8) is 0 Å². The Morgan fingerprint density at radius 3 is 3.00 bits per heavy atom. The number of benzene rings is 1. The van der Waals surface area contributed by atoms with E-state index >= 15 is 0 Å². The van der Waals surface area contributed by atoms with Crippen molar-refractivity contribution < 1.29 is 4.74 Å². The molecule has 0 aromatic heterocycles. The average molecular weight is 240 g/mol. The Kier molecular flexibility index (Phi) is 5.98. The highest BCUT2D eigenvalue weighted by atomic mass is 35.5. The molecule has 0 amide bonds. The second-order valence-corrected chi connectivity index (χ2v) is 3.95. The summed E-state index contributed by atoms with van der Waals surface area (Å²) in [5.41, 5.74) is 4.03. The van der Waals surface area contributed by atoms with Crippen LogP contribution in [0, 0.1) is 0 Å². The SMILES string of the molecule is COc1cccc(CCNC/C(C)=C/Cl)c1. The summed E-state index contributed by atoms with van der Waals surface area (Å²) in [4.78, 5) is 0. The second-order valence-electron chi connectivity index (χ2n) is 3.73. The lowest BCUT2D eigenvalue weighted by Crippen LogP contribution is -2.19. The van der Waals surface area contributed by atoms with Crippen molar-refractivity contribution in [3.05, 3.63) is 40.9 Å². The molecule has 0 spiro atoms. The standard InChI is InChI=1S/C13H18ClNO/c1-11(9-14)10-15-7-6-12-4-3-5-13(8-12)16-2/h3-5,8-9,15H,6-7,10H2,1-2H3/b11-9+.